The topological polar surface area (TPSA) is 84.9 Å². The number of rotatable bonds is 6. The Morgan fingerprint density at radius 1 is 1.31 bits per heavy atom. The van der Waals surface area contributed by atoms with E-state index in [1.165, 1.54) is 32.3 Å². The van der Waals surface area contributed by atoms with Crippen LogP contribution in [0.3, 0.4) is 0 Å². The number of carbonyl (C=O) groups excluding carboxylic acids is 1. The molecule has 29 heavy (non-hydrogen) atoms. The van der Waals surface area contributed by atoms with E-state index in [-0.39, 0.29) is 21.6 Å². The third-order valence-electron chi connectivity index (χ3n) is 4.50. The number of carbonyl (C=O) groups is 1. The molecule has 2 aromatic carbocycles. The van der Waals surface area contributed by atoms with Gasteiger partial charge in [0.15, 0.2) is 0 Å². The minimum absolute atomic E-state index is 0.0465. The number of fused-ring (bicyclic) bond motifs is 1. The lowest BCUT2D eigenvalue weighted by Gasteiger charge is -2.15. The molecule has 0 aliphatic carbocycles. The largest absolute Gasteiger partial charge is 0.492 e. The second-order valence-electron chi connectivity index (χ2n) is 6.91. The Kier molecular flexibility index (Phi) is 6.07. The van der Waals surface area contributed by atoms with Gasteiger partial charge in [-0.25, -0.2) is 12.7 Å². The van der Waals surface area contributed by atoms with Crippen molar-refractivity contribution >= 4 is 33.2 Å². The molecular weight excluding hydrogens is 416 g/mol. The normalized spacial score (nSPS) is 15.7. The van der Waals surface area contributed by atoms with Crippen LogP contribution in [0.1, 0.15) is 29.8 Å². The molecule has 1 N–H and O–H groups in total. The maximum atomic E-state index is 12.8. The van der Waals surface area contributed by atoms with Crippen molar-refractivity contribution in [2.75, 3.05) is 26.0 Å². The monoisotopic (exact) mass is 438 g/mol. The van der Waals surface area contributed by atoms with E-state index in [4.69, 9.17) is 21.1 Å². The Bertz CT molecular complexity index is 1050. The summed E-state index contributed by atoms with van der Waals surface area (Å²) in [5.41, 5.74) is 1.63. The summed E-state index contributed by atoms with van der Waals surface area (Å²) in [6, 6.07) is 7.72. The van der Waals surface area contributed by atoms with Gasteiger partial charge in [-0.05, 0) is 38.1 Å². The van der Waals surface area contributed by atoms with E-state index in [1.54, 1.807) is 6.07 Å². The summed E-state index contributed by atoms with van der Waals surface area (Å²) in [5.74, 6) is 0.749. The molecule has 1 aliphatic heterocycles. The summed E-state index contributed by atoms with van der Waals surface area (Å²) in [7, 11) is -0.988. The van der Waals surface area contributed by atoms with Crippen molar-refractivity contribution in [1.29, 1.82) is 0 Å². The summed E-state index contributed by atoms with van der Waals surface area (Å²) in [6.07, 6.45) is 0.826. The van der Waals surface area contributed by atoms with Crippen molar-refractivity contribution in [1.82, 2.24) is 4.31 Å². The first-order chi connectivity index (χ1) is 13.6. The van der Waals surface area contributed by atoms with Gasteiger partial charge in [0.25, 0.3) is 5.91 Å². The van der Waals surface area contributed by atoms with Crippen molar-refractivity contribution in [3.63, 3.8) is 0 Å². The Morgan fingerprint density at radius 3 is 2.69 bits per heavy atom. The highest BCUT2D eigenvalue weighted by Crippen LogP contribution is 2.38. The molecule has 1 aliphatic rings. The molecule has 0 bridgehead atoms. The highest BCUT2D eigenvalue weighted by molar-refractivity contribution is 7.89. The van der Waals surface area contributed by atoms with Gasteiger partial charge >= 0.3 is 0 Å². The summed E-state index contributed by atoms with van der Waals surface area (Å²) in [4.78, 5) is 12.7. The SMILES string of the molecule is CCOc1cc2c(cc1NC(=O)c1ccc(Cl)c(S(=O)(=O)N(C)C)c1)OC(C)C2. The number of sulfonamides is 1. The van der Waals surface area contributed by atoms with Crippen LogP contribution in [0.25, 0.3) is 0 Å². The second-order valence-corrected chi connectivity index (χ2v) is 9.44. The lowest BCUT2D eigenvalue weighted by Crippen LogP contribution is -2.23. The minimum Gasteiger partial charge on any atom is -0.492 e. The van der Waals surface area contributed by atoms with Gasteiger partial charge in [-0.3, -0.25) is 4.79 Å². The van der Waals surface area contributed by atoms with E-state index in [0.29, 0.717) is 23.8 Å². The molecule has 1 unspecified atom stereocenters. The van der Waals surface area contributed by atoms with Crippen LogP contribution < -0.4 is 14.8 Å². The van der Waals surface area contributed by atoms with Crippen LogP contribution in [0.2, 0.25) is 5.02 Å². The number of anilines is 1. The summed E-state index contributed by atoms with van der Waals surface area (Å²) in [6.45, 7) is 4.26. The molecule has 0 radical (unpaired) electrons. The van der Waals surface area contributed by atoms with E-state index in [1.807, 2.05) is 19.9 Å². The van der Waals surface area contributed by atoms with Gasteiger partial charge in [-0.2, -0.15) is 0 Å². The molecule has 1 heterocycles. The molecule has 0 fully saturated rings. The van der Waals surface area contributed by atoms with Crippen LogP contribution >= 0.6 is 11.6 Å². The van der Waals surface area contributed by atoms with Gasteiger partial charge < -0.3 is 14.8 Å². The second kappa shape index (κ2) is 8.22. The third-order valence-corrected chi connectivity index (χ3v) is 6.79. The molecule has 2 aromatic rings. The van der Waals surface area contributed by atoms with Gasteiger partial charge in [0, 0.05) is 37.7 Å². The van der Waals surface area contributed by atoms with E-state index in [2.05, 4.69) is 5.32 Å². The third kappa shape index (κ3) is 4.34. The minimum atomic E-state index is -3.79. The van der Waals surface area contributed by atoms with Crippen LogP contribution in [0, 0.1) is 0 Å². The van der Waals surface area contributed by atoms with Gasteiger partial charge in [0.05, 0.1) is 17.3 Å². The van der Waals surface area contributed by atoms with Crippen molar-refractivity contribution < 1.29 is 22.7 Å². The number of amides is 1. The number of benzene rings is 2. The predicted molar refractivity (Wildman–Crippen MR) is 112 cm³/mol. The summed E-state index contributed by atoms with van der Waals surface area (Å²) < 4.78 is 37.4. The Labute approximate surface area is 175 Å². The molecule has 9 heteroatoms. The molecule has 1 atom stereocenters. The Morgan fingerprint density at radius 2 is 2.03 bits per heavy atom. The first kappa shape index (κ1) is 21.4. The molecule has 7 nitrogen and oxygen atoms in total. The number of hydrogen-bond acceptors (Lipinski definition) is 5. The number of nitrogens with one attached hydrogen (secondary N) is 1. The van der Waals surface area contributed by atoms with Gasteiger partial charge in [-0.1, -0.05) is 11.6 Å². The van der Waals surface area contributed by atoms with Gasteiger partial charge in [0.2, 0.25) is 10.0 Å². The van der Waals surface area contributed by atoms with E-state index in [9.17, 15) is 13.2 Å². The van der Waals surface area contributed by atoms with Crippen molar-refractivity contribution in [2.24, 2.45) is 0 Å². The average Bonchev–Trinajstić information content (AvgIpc) is 3.01. The molecular formula is C20H23ClN2O5S. The highest BCUT2D eigenvalue weighted by atomic mass is 35.5. The fourth-order valence-corrected chi connectivity index (χ4v) is 4.44. The van der Waals surface area contributed by atoms with E-state index in [0.717, 1.165) is 16.3 Å². The number of ether oxygens (including phenoxy) is 2. The Balaban J connectivity index is 1.94. The average molecular weight is 439 g/mol. The first-order valence-corrected chi connectivity index (χ1v) is 10.9. The fourth-order valence-electron chi connectivity index (χ4n) is 3.05. The predicted octanol–water partition coefficient (Wildman–Crippen LogP) is 3.56. The van der Waals surface area contributed by atoms with Crippen LogP contribution in [0.15, 0.2) is 35.2 Å². The zero-order chi connectivity index (χ0) is 21.3. The molecule has 0 spiro atoms. The lowest BCUT2D eigenvalue weighted by molar-refractivity contribution is 0.102. The van der Waals surface area contributed by atoms with Crippen molar-refractivity contribution in [2.45, 2.75) is 31.3 Å². The van der Waals surface area contributed by atoms with E-state index < -0.39 is 15.9 Å². The number of hydrogen-bond donors (Lipinski definition) is 1. The lowest BCUT2D eigenvalue weighted by atomic mass is 10.1. The van der Waals surface area contributed by atoms with Crippen molar-refractivity contribution in [3.8, 4) is 11.5 Å². The van der Waals surface area contributed by atoms with Crippen LogP contribution in [0.5, 0.6) is 11.5 Å². The van der Waals surface area contributed by atoms with Gasteiger partial charge in [0.1, 0.15) is 22.5 Å². The molecule has 0 saturated carbocycles. The smallest absolute Gasteiger partial charge is 0.255 e. The summed E-state index contributed by atoms with van der Waals surface area (Å²) in [5, 5.41) is 2.83. The zero-order valence-electron chi connectivity index (χ0n) is 16.7. The van der Waals surface area contributed by atoms with Crippen LogP contribution in [-0.4, -0.2) is 45.4 Å². The highest BCUT2D eigenvalue weighted by Gasteiger charge is 2.25. The fraction of sp³-hybridized carbons (Fsp3) is 0.350. The van der Waals surface area contributed by atoms with E-state index >= 15 is 0 Å². The zero-order valence-corrected chi connectivity index (χ0v) is 18.2. The Hall–Kier alpha value is -2.29. The number of nitrogens with zero attached hydrogens (tertiary/aromatic N) is 1. The standard InChI is InChI=1S/C20H23ClN2O5S/c1-5-27-18-9-14-8-12(2)28-17(14)11-16(18)22-20(24)13-6-7-15(21)19(10-13)29(25,26)23(3)4/h6-7,9-12H,5,8H2,1-4H3,(H,22,24). The van der Waals surface area contributed by atoms with Crippen LogP contribution in [0.4, 0.5) is 5.69 Å². The van der Waals surface area contributed by atoms with Crippen LogP contribution in [-0.2, 0) is 16.4 Å². The van der Waals surface area contributed by atoms with Crippen molar-refractivity contribution in [3.05, 3.63) is 46.5 Å². The quantitative estimate of drug-likeness (QED) is 0.745. The molecule has 3 rings (SSSR count). The molecule has 1 amide bonds. The first-order valence-electron chi connectivity index (χ1n) is 9.13. The molecule has 156 valence electrons. The molecule has 0 aromatic heterocycles. The van der Waals surface area contributed by atoms with Gasteiger partial charge in [-0.15, -0.1) is 0 Å². The maximum Gasteiger partial charge on any atom is 0.255 e. The maximum absolute atomic E-state index is 12.8. The molecule has 0 saturated heterocycles. The summed E-state index contributed by atoms with van der Waals surface area (Å²) >= 11 is 6.06. The number of halogens is 1.